The molecule has 3 nitrogen and oxygen atoms in total. The second kappa shape index (κ2) is 7.64. The largest absolute Gasteiger partial charge is 0.342 e. The molecule has 1 aliphatic rings. The molecule has 1 unspecified atom stereocenters. The summed E-state index contributed by atoms with van der Waals surface area (Å²) in [6, 6.07) is 6.41. The average molecular weight is 296 g/mol. The molecule has 1 fully saturated rings. The Bertz CT molecular complexity index is 438. The van der Waals surface area contributed by atoms with Crippen LogP contribution in [0.3, 0.4) is 0 Å². The summed E-state index contributed by atoms with van der Waals surface area (Å²) in [5.41, 5.74) is 0. The van der Waals surface area contributed by atoms with Crippen LogP contribution in [-0.2, 0) is 4.79 Å². The Balaban J connectivity index is 1.69. The molecule has 1 amide bonds. The Morgan fingerprint density at radius 2 is 2.20 bits per heavy atom. The SMILES string of the molecule is CNCC1CCN(C(=O)CCSc2ccc(F)cc2)C1. The van der Waals surface area contributed by atoms with Crippen LogP contribution in [0.1, 0.15) is 12.8 Å². The van der Waals surface area contributed by atoms with E-state index in [-0.39, 0.29) is 11.7 Å². The molecule has 0 aromatic heterocycles. The lowest BCUT2D eigenvalue weighted by Crippen LogP contribution is -2.30. The first-order chi connectivity index (χ1) is 9.69. The molecule has 1 aromatic carbocycles. The van der Waals surface area contributed by atoms with E-state index in [1.54, 1.807) is 23.9 Å². The molecule has 5 heteroatoms. The van der Waals surface area contributed by atoms with Crippen LogP contribution in [0.4, 0.5) is 4.39 Å². The number of nitrogens with one attached hydrogen (secondary N) is 1. The Hall–Kier alpha value is -1.07. The molecular weight excluding hydrogens is 275 g/mol. The normalized spacial score (nSPS) is 18.5. The van der Waals surface area contributed by atoms with E-state index >= 15 is 0 Å². The van der Waals surface area contributed by atoms with Crippen molar-refractivity contribution in [3.8, 4) is 0 Å². The van der Waals surface area contributed by atoms with Gasteiger partial charge in [-0.2, -0.15) is 0 Å². The summed E-state index contributed by atoms with van der Waals surface area (Å²) in [6.07, 6.45) is 1.64. The highest BCUT2D eigenvalue weighted by atomic mass is 32.2. The van der Waals surface area contributed by atoms with E-state index in [9.17, 15) is 9.18 Å². The predicted octanol–water partition coefficient (Wildman–Crippen LogP) is 2.38. The number of benzene rings is 1. The minimum atomic E-state index is -0.224. The van der Waals surface area contributed by atoms with Crippen LogP contribution in [0.5, 0.6) is 0 Å². The van der Waals surface area contributed by atoms with Crippen molar-refractivity contribution in [3.05, 3.63) is 30.1 Å². The van der Waals surface area contributed by atoms with Gasteiger partial charge in [-0.1, -0.05) is 0 Å². The van der Waals surface area contributed by atoms with Crippen LogP contribution < -0.4 is 5.32 Å². The number of nitrogens with zero attached hydrogens (tertiary/aromatic N) is 1. The number of rotatable bonds is 6. The first-order valence-corrected chi connectivity index (χ1v) is 7.98. The van der Waals surface area contributed by atoms with Gasteiger partial charge in [0.2, 0.25) is 5.91 Å². The van der Waals surface area contributed by atoms with Crippen molar-refractivity contribution in [2.24, 2.45) is 5.92 Å². The number of thioether (sulfide) groups is 1. The highest BCUT2D eigenvalue weighted by molar-refractivity contribution is 7.99. The number of amides is 1. The van der Waals surface area contributed by atoms with Gasteiger partial charge < -0.3 is 10.2 Å². The molecule has 110 valence electrons. The van der Waals surface area contributed by atoms with Crippen molar-refractivity contribution in [2.75, 3.05) is 32.4 Å². The fourth-order valence-electron chi connectivity index (χ4n) is 2.46. The minimum Gasteiger partial charge on any atom is -0.342 e. The molecule has 1 atom stereocenters. The second-order valence-electron chi connectivity index (χ2n) is 5.10. The zero-order valence-electron chi connectivity index (χ0n) is 11.8. The summed E-state index contributed by atoms with van der Waals surface area (Å²) >= 11 is 1.60. The Labute approximate surface area is 123 Å². The van der Waals surface area contributed by atoms with E-state index in [2.05, 4.69) is 5.32 Å². The maximum Gasteiger partial charge on any atom is 0.223 e. The summed E-state index contributed by atoms with van der Waals surface area (Å²) in [6.45, 7) is 2.74. The van der Waals surface area contributed by atoms with Crippen LogP contribution in [0, 0.1) is 11.7 Å². The van der Waals surface area contributed by atoms with E-state index in [1.807, 2.05) is 11.9 Å². The highest BCUT2D eigenvalue weighted by Gasteiger charge is 2.25. The van der Waals surface area contributed by atoms with Gasteiger partial charge in [0.05, 0.1) is 0 Å². The molecule has 1 N–H and O–H groups in total. The number of hydrogen-bond donors (Lipinski definition) is 1. The lowest BCUT2D eigenvalue weighted by Gasteiger charge is -2.16. The van der Waals surface area contributed by atoms with Crippen molar-refractivity contribution in [3.63, 3.8) is 0 Å². The van der Waals surface area contributed by atoms with Crippen molar-refractivity contribution in [2.45, 2.75) is 17.7 Å². The molecule has 0 saturated carbocycles. The third-order valence-electron chi connectivity index (χ3n) is 3.53. The van der Waals surface area contributed by atoms with Crippen molar-refractivity contribution >= 4 is 17.7 Å². The van der Waals surface area contributed by atoms with Crippen LogP contribution >= 0.6 is 11.8 Å². The van der Waals surface area contributed by atoms with Crippen molar-refractivity contribution in [1.82, 2.24) is 10.2 Å². The number of carbonyl (C=O) groups excluding carboxylic acids is 1. The smallest absolute Gasteiger partial charge is 0.223 e. The van der Waals surface area contributed by atoms with Crippen molar-refractivity contribution < 1.29 is 9.18 Å². The van der Waals surface area contributed by atoms with Gasteiger partial charge in [0.15, 0.2) is 0 Å². The Morgan fingerprint density at radius 3 is 2.90 bits per heavy atom. The third kappa shape index (κ3) is 4.49. The number of hydrogen-bond acceptors (Lipinski definition) is 3. The lowest BCUT2D eigenvalue weighted by molar-refractivity contribution is -0.129. The molecule has 2 rings (SSSR count). The molecule has 0 spiro atoms. The lowest BCUT2D eigenvalue weighted by atomic mass is 10.1. The zero-order chi connectivity index (χ0) is 14.4. The van der Waals surface area contributed by atoms with E-state index in [0.29, 0.717) is 12.3 Å². The van der Waals surface area contributed by atoms with Crippen LogP contribution in [0.15, 0.2) is 29.2 Å². The predicted molar refractivity (Wildman–Crippen MR) is 80.4 cm³/mol. The molecule has 20 heavy (non-hydrogen) atoms. The summed E-state index contributed by atoms with van der Waals surface area (Å²) in [5, 5.41) is 3.17. The summed E-state index contributed by atoms with van der Waals surface area (Å²) in [5.74, 6) is 1.35. The maximum atomic E-state index is 12.8. The molecule has 1 aromatic rings. The van der Waals surface area contributed by atoms with Gasteiger partial charge in [0, 0.05) is 30.2 Å². The monoisotopic (exact) mass is 296 g/mol. The van der Waals surface area contributed by atoms with Gasteiger partial charge in [0.25, 0.3) is 0 Å². The fourth-order valence-corrected chi connectivity index (χ4v) is 3.30. The van der Waals surface area contributed by atoms with Crippen LogP contribution in [-0.4, -0.2) is 43.2 Å². The first-order valence-electron chi connectivity index (χ1n) is 7.00. The zero-order valence-corrected chi connectivity index (χ0v) is 12.6. The summed E-state index contributed by atoms with van der Waals surface area (Å²) in [4.78, 5) is 15.0. The molecule has 1 aliphatic heterocycles. The Kier molecular flexibility index (Phi) is 5.86. The van der Waals surface area contributed by atoms with Gasteiger partial charge in [-0.05, 0) is 50.2 Å². The van der Waals surface area contributed by atoms with E-state index in [0.717, 1.165) is 36.7 Å². The standard InChI is InChI=1S/C15H21FN2OS/c1-17-10-12-6-8-18(11-12)15(19)7-9-20-14-4-2-13(16)3-5-14/h2-5,12,17H,6-11H2,1H3. The van der Waals surface area contributed by atoms with E-state index < -0.39 is 0 Å². The Morgan fingerprint density at radius 1 is 1.45 bits per heavy atom. The van der Waals surface area contributed by atoms with Gasteiger partial charge >= 0.3 is 0 Å². The van der Waals surface area contributed by atoms with Gasteiger partial charge in [-0.15, -0.1) is 11.8 Å². The first kappa shape index (κ1) is 15.3. The molecular formula is C15H21FN2OS. The fraction of sp³-hybridized carbons (Fsp3) is 0.533. The quantitative estimate of drug-likeness (QED) is 0.818. The topological polar surface area (TPSA) is 32.3 Å². The average Bonchev–Trinajstić information content (AvgIpc) is 2.90. The number of likely N-dealkylation sites (tertiary alicyclic amines) is 1. The van der Waals surface area contributed by atoms with E-state index in [4.69, 9.17) is 0 Å². The van der Waals surface area contributed by atoms with Gasteiger partial charge in [-0.25, -0.2) is 4.39 Å². The summed E-state index contributed by atoms with van der Waals surface area (Å²) in [7, 11) is 1.95. The number of halogens is 1. The molecule has 0 bridgehead atoms. The van der Waals surface area contributed by atoms with Crippen molar-refractivity contribution in [1.29, 1.82) is 0 Å². The molecule has 0 aliphatic carbocycles. The van der Waals surface area contributed by atoms with Gasteiger partial charge in [-0.3, -0.25) is 4.79 Å². The van der Waals surface area contributed by atoms with Crippen LogP contribution in [0.25, 0.3) is 0 Å². The second-order valence-corrected chi connectivity index (χ2v) is 6.27. The molecule has 1 saturated heterocycles. The van der Waals surface area contributed by atoms with E-state index in [1.165, 1.54) is 12.1 Å². The van der Waals surface area contributed by atoms with Gasteiger partial charge in [0.1, 0.15) is 5.82 Å². The maximum absolute atomic E-state index is 12.8. The highest BCUT2D eigenvalue weighted by Crippen LogP contribution is 2.21. The summed E-state index contributed by atoms with van der Waals surface area (Å²) < 4.78 is 12.8. The minimum absolute atomic E-state index is 0.224. The van der Waals surface area contributed by atoms with Crippen LogP contribution in [0.2, 0.25) is 0 Å². The molecule has 1 heterocycles. The molecule has 0 radical (unpaired) electrons. The third-order valence-corrected chi connectivity index (χ3v) is 4.54. The number of carbonyl (C=O) groups is 1.